The predicted octanol–water partition coefficient (Wildman–Crippen LogP) is 1.40. The Hall–Kier alpha value is -1.40. The molecule has 1 N–H and O–H groups in total. The molecule has 0 atom stereocenters. The third-order valence-electron chi connectivity index (χ3n) is 2.62. The third-order valence-corrected chi connectivity index (χ3v) is 2.62. The molecule has 6 heteroatoms. The average Bonchev–Trinajstić information content (AvgIpc) is 2.46. The largest absolute Gasteiger partial charge is 0.380 e. The van der Waals surface area contributed by atoms with Crippen LogP contribution in [-0.2, 0) is 9.47 Å². The fourth-order valence-electron chi connectivity index (χ4n) is 1.61. The molecule has 0 saturated carbocycles. The molecule has 6 nitrogen and oxygen atoms in total. The summed E-state index contributed by atoms with van der Waals surface area (Å²) in [6, 6.07) is 0. The Bertz CT molecular complexity index is 339. The molecule has 19 heavy (non-hydrogen) atoms. The number of nitrogens with zero attached hydrogens (tertiary/aromatic N) is 3. The molecule has 0 unspecified atom stereocenters. The monoisotopic (exact) mass is 268 g/mol. The van der Waals surface area contributed by atoms with E-state index >= 15 is 0 Å². The van der Waals surface area contributed by atoms with Crippen molar-refractivity contribution in [3.8, 4) is 0 Å². The maximum absolute atomic E-state index is 5.40. The van der Waals surface area contributed by atoms with E-state index in [-0.39, 0.29) is 0 Å². The van der Waals surface area contributed by atoms with Crippen LogP contribution in [-0.4, -0.2) is 56.5 Å². The molecule has 1 aromatic rings. The van der Waals surface area contributed by atoms with Gasteiger partial charge in [0.25, 0.3) is 0 Å². The molecule has 0 radical (unpaired) electrons. The Morgan fingerprint density at radius 2 is 1.74 bits per heavy atom. The summed E-state index contributed by atoms with van der Waals surface area (Å²) in [7, 11) is 1.83. The van der Waals surface area contributed by atoms with Gasteiger partial charge in [-0.2, -0.15) is 0 Å². The van der Waals surface area contributed by atoms with Gasteiger partial charge < -0.3 is 19.7 Å². The Morgan fingerprint density at radius 1 is 1.11 bits per heavy atom. The maximum atomic E-state index is 5.40. The molecule has 1 rings (SSSR count). The minimum atomic E-state index is 0.675. The highest BCUT2D eigenvalue weighted by Crippen LogP contribution is 2.11. The van der Waals surface area contributed by atoms with Gasteiger partial charge in [-0.05, 0) is 13.8 Å². The molecule has 0 aliphatic heterocycles. The molecular formula is C13H24N4O2. The summed E-state index contributed by atoms with van der Waals surface area (Å²) in [6.07, 6.45) is 3.46. The zero-order valence-electron chi connectivity index (χ0n) is 12.1. The molecule has 0 bridgehead atoms. The normalized spacial score (nSPS) is 10.5. The summed E-state index contributed by atoms with van der Waals surface area (Å²) >= 11 is 0. The number of rotatable bonds is 10. The number of aromatic nitrogens is 2. The van der Waals surface area contributed by atoms with Crippen LogP contribution in [0.5, 0.6) is 0 Å². The summed E-state index contributed by atoms with van der Waals surface area (Å²) in [6.45, 7) is 8.34. The van der Waals surface area contributed by atoms with Crippen LogP contribution in [0.15, 0.2) is 12.4 Å². The van der Waals surface area contributed by atoms with Crippen molar-refractivity contribution in [3.63, 3.8) is 0 Å². The van der Waals surface area contributed by atoms with Crippen LogP contribution in [0, 0.1) is 0 Å². The first-order valence-corrected chi connectivity index (χ1v) is 6.72. The van der Waals surface area contributed by atoms with Gasteiger partial charge >= 0.3 is 0 Å². The van der Waals surface area contributed by atoms with Gasteiger partial charge in [-0.25, -0.2) is 4.98 Å². The maximum Gasteiger partial charge on any atom is 0.149 e. The van der Waals surface area contributed by atoms with E-state index in [9.17, 15) is 0 Å². The van der Waals surface area contributed by atoms with E-state index in [0.29, 0.717) is 13.2 Å². The molecular weight excluding hydrogens is 244 g/mol. The highest BCUT2D eigenvalue weighted by Gasteiger charge is 2.09. The second-order valence-electron chi connectivity index (χ2n) is 3.89. The van der Waals surface area contributed by atoms with Crippen LogP contribution in [0.2, 0.25) is 0 Å². The van der Waals surface area contributed by atoms with Crippen molar-refractivity contribution in [3.05, 3.63) is 12.4 Å². The van der Waals surface area contributed by atoms with E-state index in [1.165, 1.54) is 0 Å². The van der Waals surface area contributed by atoms with Crippen molar-refractivity contribution < 1.29 is 9.47 Å². The molecule has 0 saturated heterocycles. The molecule has 0 spiro atoms. The lowest BCUT2D eigenvalue weighted by Gasteiger charge is -2.23. The highest BCUT2D eigenvalue weighted by molar-refractivity contribution is 5.43. The van der Waals surface area contributed by atoms with Crippen LogP contribution < -0.4 is 10.2 Å². The lowest BCUT2D eigenvalue weighted by atomic mass is 10.4. The van der Waals surface area contributed by atoms with Crippen molar-refractivity contribution in [1.82, 2.24) is 9.97 Å². The summed E-state index contributed by atoms with van der Waals surface area (Å²) in [4.78, 5) is 10.8. The first-order valence-electron chi connectivity index (χ1n) is 6.72. The number of hydrogen-bond acceptors (Lipinski definition) is 6. The average molecular weight is 268 g/mol. The minimum absolute atomic E-state index is 0.675. The fourth-order valence-corrected chi connectivity index (χ4v) is 1.61. The van der Waals surface area contributed by atoms with Gasteiger partial charge in [0.1, 0.15) is 11.6 Å². The molecule has 1 heterocycles. The first kappa shape index (κ1) is 15.7. The molecule has 0 amide bonds. The number of nitrogens with one attached hydrogen (secondary N) is 1. The topological polar surface area (TPSA) is 59.5 Å². The predicted molar refractivity (Wildman–Crippen MR) is 76.8 cm³/mol. The van der Waals surface area contributed by atoms with E-state index in [1.807, 2.05) is 20.9 Å². The van der Waals surface area contributed by atoms with Crippen molar-refractivity contribution in [2.24, 2.45) is 0 Å². The van der Waals surface area contributed by atoms with E-state index in [1.54, 1.807) is 12.4 Å². The van der Waals surface area contributed by atoms with Crippen LogP contribution in [0.25, 0.3) is 0 Å². The lowest BCUT2D eigenvalue weighted by molar-refractivity contribution is 0.141. The zero-order valence-corrected chi connectivity index (χ0v) is 12.1. The van der Waals surface area contributed by atoms with Crippen LogP contribution >= 0.6 is 0 Å². The molecule has 0 fully saturated rings. The third kappa shape index (κ3) is 5.85. The molecule has 0 aliphatic carbocycles. The quantitative estimate of drug-likeness (QED) is 0.647. The lowest BCUT2D eigenvalue weighted by Crippen LogP contribution is -2.32. The number of ether oxygens (including phenoxy) is 2. The van der Waals surface area contributed by atoms with Gasteiger partial charge in [0.05, 0.1) is 25.6 Å². The second kappa shape index (κ2) is 9.52. The van der Waals surface area contributed by atoms with Crippen molar-refractivity contribution in [2.75, 3.05) is 56.8 Å². The fraction of sp³-hybridized carbons (Fsp3) is 0.692. The van der Waals surface area contributed by atoms with E-state index in [0.717, 1.165) is 37.9 Å². The molecule has 108 valence electrons. The van der Waals surface area contributed by atoms with E-state index in [4.69, 9.17) is 9.47 Å². The molecule has 0 aliphatic rings. The van der Waals surface area contributed by atoms with Gasteiger partial charge in [-0.1, -0.05) is 0 Å². The molecule has 1 aromatic heterocycles. The Balaban J connectivity index is 2.63. The molecule has 0 aromatic carbocycles. The van der Waals surface area contributed by atoms with E-state index < -0.39 is 0 Å². The van der Waals surface area contributed by atoms with Crippen LogP contribution in [0.3, 0.4) is 0 Å². The van der Waals surface area contributed by atoms with Gasteiger partial charge in [0.15, 0.2) is 0 Å². The van der Waals surface area contributed by atoms with E-state index in [2.05, 4.69) is 20.2 Å². The zero-order chi connectivity index (χ0) is 13.9. The van der Waals surface area contributed by atoms with Crippen LogP contribution in [0.4, 0.5) is 11.6 Å². The SMILES string of the molecule is CCOCCN(CCOCC)c1cncc(NC)n1. The number of anilines is 2. The number of hydrogen-bond donors (Lipinski definition) is 1. The van der Waals surface area contributed by atoms with Crippen molar-refractivity contribution in [2.45, 2.75) is 13.8 Å². The Morgan fingerprint density at radius 3 is 2.26 bits per heavy atom. The minimum Gasteiger partial charge on any atom is -0.380 e. The summed E-state index contributed by atoms with van der Waals surface area (Å²) < 4.78 is 10.8. The van der Waals surface area contributed by atoms with Gasteiger partial charge in [-0.15, -0.1) is 0 Å². The van der Waals surface area contributed by atoms with Gasteiger partial charge in [-0.3, -0.25) is 4.98 Å². The van der Waals surface area contributed by atoms with Crippen molar-refractivity contribution in [1.29, 1.82) is 0 Å². The van der Waals surface area contributed by atoms with Gasteiger partial charge in [0, 0.05) is 33.4 Å². The Kier molecular flexibility index (Phi) is 7.84. The first-order chi connectivity index (χ1) is 9.31. The van der Waals surface area contributed by atoms with Gasteiger partial charge in [0.2, 0.25) is 0 Å². The summed E-state index contributed by atoms with van der Waals surface area (Å²) in [5.74, 6) is 1.60. The highest BCUT2D eigenvalue weighted by atomic mass is 16.5. The van der Waals surface area contributed by atoms with Crippen LogP contribution in [0.1, 0.15) is 13.8 Å². The van der Waals surface area contributed by atoms with Crippen molar-refractivity contribution >= 4 is 11.6 Å². The standard InChI is InChI=1S/C13H24N4O2/c1-4-18-8-6-17(7-9-19-5-2)13-11-15-10-12(14-3)16-13/h10-11H,4-9H2,1-3H3,(H,14,16). The summed E-state index contributed by atoms with van der Waals surface area (Å²) in [5, 5.41) is 2.99. The Labute approximate surface area is 115 Å². The second-order valence-corrected chi connectivity index (χ2v) is 3.89. The smallest absolute Gasteiger partial charge is 0.149 e. The summed E-state index contributed by atoms with van der Waals surface area (Å²) in [5.41, 5.74) is 0.